The van der Waals surface area contributed by atoms with Gasteiger partial charge < -0.3 is 0 Å². The molecular formula is C4H6N2NiS. The van der Waals surface area contributed by atoms with Crippen LogP contribution < -0.4 is 0 Å². The van der Waals surface area contributed by atoms with E-state index in [-0.39, 0.29) is 30.0 Å². The van der Waals surface area contributed by atoms with E-state index in [0.29, 0.717) is 0 Å². The van der Waals surface area contributed by atoms with Crippen LogP contribution in [0.15, 0.2) is 24.8 Å². The van der Waals surface area contributed by atoms with Crippen LogP contribution in [0.5, 0.6) is 0 Å². The molecule has 4 heteroatoms. The van der Waals surface area contributed by atoms with Crippen molar-refractivity contribution >= 4 is 13.5 Å². The molecule has 0 radical (unpaired) electrons. The molecule has 8 heavy (non-hydrogen) atoms. The van der Waals surface area contributed by atoms with E-state index in [2.05, 4.69) is 9.97 Å². The fraction of sp³-hybridized carbons (Fsp3) is 0. The van der Waals surface area contributed by atoms with Gasteiger partial charge in [-0.2, -0.15) is 13.5 Å². The van der Waals surface area contributed by atoms with Gasteiger partial charge in [-0.15, -0.1) is 0 Å². The van der Waals surface area contributed by atoms with E-state index in [4.69, 9.17) is 0 Å². The Kier molecular flexibility index (Phi) is 9.37. The molecule has 0 aromatic carbocycles. The molecule has 0 aliphatic carbocycles. The first-order valence-corrected chi connectivity index (χ1v) is 1.70. The van der Waals surface area contributed by atoms with Gasteiger partial charge in [0.05, 0.1) is 0 Å². The third kappa shape index (κ3) is 4.09. The van der Waals surface area contributed by atoms with Gasteiger partial charge in [0.1, 0.15) is 6.33 Å². The number of aromatic nitrogens is 2. The number of hydrogen-bond acceptors (Lipinski definition) is 2. The Balaban J connectivity index is 0. The molecule has 0 saturated heterocycles. The third-order valence-electron chi connectivity index (χ3n) is 0.478. The van der Waals surface area contributed by atoms with Crippen LogP contribution in [0, 0.1) is 0 Å². The fourth-order valence-electron chi connectivity index (χ4n) is 0.253. The Labute approximate surface area is 65.1 Å². The molecule has 1 heterocycles. The van der Waals surface area contributed by atoms with Crippen LogP contribution in [-0.4, -0.2) is 9.97 Å². The molecule has 0 atom stereocenters. The first kappa shape index (κ1) is 10.8. The minimum absolute atomic E-state index is 0. The van der Waals surface area contributed by atoms with E-state index in [9.17, 15) is 0 Å². The molecule has 0 saturated carbocycles. The van der Waals surface area contributed by atoms with Crippen molar-refractivity contribution in [3.63, 3.8) is 0 Å². The van der Waals surface area contributed by atoms with Crippen LogP contribution >= 0.6 is 13.5 Å². The minimum Gasteiger partial charge on any atom is -0.245 e. The van der Waals surface area contributed by atoms with E-state index in [1.54, 1.807) is 18.5 Å². The van der Waals surface area contributed by atoms with Crippen molar-refractivity contribution in [3.05, 3.63) is 24.8 Å². The Morgan fingerprint density at radius 1 is 1.00 bits per heavy atom. The maximum atomic E-state index is 3.67. The summed E-state index contributed by atoms with van der Waals surface area (Å²) in [6.45, 7) is 0. The first-order valence-electron chi connectivity index (χ1n) is 1.70. The van der Waals surface area contributed by atoms with Gasteiger partial charge in [0.25, 0.3) is 0 Å². The molecule has 1 aromatic rings. The van der Waals surface area contributed by atoms with E-state index < -0.39 is 0 Å². The average Bonchev–Trinajstić information content (AvgIpc) is 1.72. The molecule has 48 valence electrons. The maximum Gasteiger partial charge on any atom is 0.115 e. The normalized spacial score (nSPS) is 6.00. The van der Waals surface area contributed by atoms with Crippen LogP contribution in [-0.2, 0) is 16.5 Å². The predicted molar refractivity (Wildman–Crippen MR) is 32.4 cm³/mol. The molecule has 0 aliphatic heterocycles. The fourth-order valence-corrected chi connectivity index (χ4v) is 0.253. The Morgan fingerprint density at radius 3 is 1.62 bits per heavy atom. The predicted octanol–water partition coefficient (Wildman–Crippen LogP) is 0.587. The minimum atomic E-state index is 0. The SMILES string of the molecule is S.[Ni].c1cncnc1. The molecule has 0 unspecified atom stereocenters. The van der Waals surface area contributed by atoms with Crippen molar-refractivity contribution < 1.29 is 16.5 Å². The summed E-state index contributed by atoms with van der Waals surface area (Å²) < 4.78 is 0. The average molecular weight is 173 g/mol. The summed E-state index contributed by atoms with van der Waals surface area (Å²) in [5, 5.41) is 0. The van der Waals surface area contributed by atoms with Gasteiger partial charge in [0.2, 0.25) is 0 Å². The van der Waals surface area contributed by atoms with Crippen molar-refractivity contribution in [2.24, 2.45) is 0 Å². The zero-order chi connectivity index (χ0) is 4.24. The van der Waals surface area contributed by atoms with E-state index >= 15 is 0 Å². The maximum absolute atomic E-state index is 3.67. The van der Waals surface area contributed by atoms with Gasteiger partial charge >= 0.3 is 0 Å². The van der Waals surface area contributed by atoms with Gasteiger partial charge in [-0.25, -0.2) is 9.97 Å². The molecule has 0 spiro atoms. The molecule has 1 aromatic heterocycles. The Morgan fingerprint density at radius 2 is 1.50 bits per heavy atom. The second kappa shape index (κ2) is 6.92. The van der Waals surface area contributed by atoms with Gasteiger partial charge in [-0.1, -0.05) is 0 Å². The Bertz CT molecular complexity index is 86.0. The Hall–Kier alpha value is -0.0765. The van der Waals surface area contributed by atoms with Crippen molar-refractivity contribution in [3.8, 4) is 0 Å². The molecule has 0 aliphatic rings. The number of nitrogens with zero attached hydrogens (tertiary/aromatic N) is 2. The zero-order valence-electron chi connectivity index (χ0n) is 4.02. The van der Waals surface area contributed by atoms with Gasteiger partial charge in [-0.05, 0) is 6.07 Å². The topological polar surface area (TPSA) is 25.8 Å². The van der Waals surface area contributed by atoms with Crippen molar-refractivity contribution in [1.82, 2.24) is 9.97 Å². The molecule has 0 fully saturated rings. The molecule has 0 bridgehead atoms. The van der Waals surface area contributed by atoms with E-state index in [1.807, 2.05) is 0 Å². The third-order valence-corrected chi connectivity index (χ3v) is 0.478. The van der Waals surface area contributed by atoms with Gasteiger partial charge in [-0.3, -0.25) is 0 Å². The number of rotatable bonds is 0. The largest absolute Gasteiger partial charge is 0.245 e. The molecule has 2 nitrogen and oxygen atoms in total. The summed E-state index contributed by atoms with van der Waals surface area (Å²) in [7, 11) is 0. The summed E-state index contributed by atoms with van der Waals surface area (Å²) in [6.07, 6.45) is 4.88. The van der Waals surface area contributed by atoms with E-state index in [0.717, 1.165) is 0 Å². The monoisotopic (exact) mass is 172 g/mol. The van der Waals surface area contributed by atoms with Crippen LogP contribution in [0.1, 0.15) is 0 Å². The molecule has 0 N–H and O–H groups in total. The number of hydrogen-bond donors (Lipinski definition) is 0. The van der Waals surface area contributed by atoms with Gasteiger partial charge in [0.15, 0.2) is 0 Å². The van der Waals surface area contributed by atoms with Crippen LogP contribution in [0.25, 0.3) is 0 Å². The summed E-state index contributed by atoms with van der Waals surface area (Å²) in [4.78, 5) is 7.35. The van der Waals surface area contributed by atoms with Crippen LogP contribution in [0.3, 0.4) is 0 Å². The van der Waals surface area contributed by atoms with Crippen LogP contribution in [0.4, 0.5) is 0 Å². The quantitative estimate of drug-likeness (QED) is 0.536. The molecule has 0 amide bonds. The van der Waals surface area contributed by atoms with E-state index in [1.165, 1.54) is 6.33 Å². The second-order valence-corrected chi connectivity index (χ2v) is 0.904. The zero-order valence-corrected chi connectivity index (χ0v) is 6.01. The standard InChI is InChI=1S/C4H4N2.Ni.H2S/c1-2-5-4-6-3-1;;/h1-4H;;1H2. The second-order valence-electron chi connectivity index (χ2n) is 0.904. The molecular weight excluding hydrogens is 167 g/mol. The summed E-state index contributed by atoms with van der Waals surface area (Å²) in [6, 6.07) is 1.78. The van der Waals surface area contributed by atoms with Crippen molar-refractivity contribution in [1.29, 1.82) is 0 Å². The molecule has 1 rings (SSSR count). The summed E-state index contributed by atoms with van der Waals surface area (Å²) >= 11 is 0. The summed E-state index contributed by atoms with van der Waals surface area (Å²) in [5.41, 5.74) is 0. The first-order chi connectivity index (χ1) is 3.00. The smallest absolute Gasteiger partial charge is 0.115 e. The van der Waals surface area contributed by atoms with Crippen molar-refractivity contribution in [2.45, 2.75) is 0 Å². The summed E-state index contributed by atoms with van der Waals surface area (Å²) in [5.74, 6) is 0. The van der Waals surface area contributed by atoms with Crippen LogP contribution in [0.2, 0.25) is 0 Å². The van der Waals surface area contributed by atoms with Crippen molar-refractivity contribution in [2.75, 3.05) is 0 Å². The van der Waals surface area contributed by atoms with Gasteiger partial charge in [0, 0.05) is 28.9 Å².